The minimum atomic E-state index is -0.444. The Morgan fingerprint density at radius 3 is 3.00 bits per heavy atom. The molecule has 0 aromatic heterocycles. The van der Waals surface area contributed by atoms with Crippen LogP contribution in [0.1, 0.15) is 30.4 Å². The largest absolute Gasteiger partial charge is 0.392 e. The molecule has 0 amide bonds. The first kappa shape index (κ1) is 11.4. The Balaban J connectivity index is 2.19. The number of nitrogens with one attached hydrogen (secondary N) is 1. The molecule has 3 nitrogen and oxygen atoms in total. The highest BCUT2D eigenvalue weighted by Gasteiger charge is 2.31. The number of anilines is 1. The Hall–Kier alpha value is -1.68. The highest BCUT2D eigenvalue weighted by Crippen LogP contribution is 2.44. The lowest BCUT2D eigenvalue weighted by Crippen LogP contribution is -2.28. The van der Waals surface area contributed by atoms with Crippen LogP contribution < -0.4 is 5.32 Å². The molecule has 2 aliphatic rings. The van der Waals surface area contributed by atoms with Crippen molar-refractivity contribution in [2.24, 2.45) is 0 Å². The molecule has 1 heterocycles. The summed E-state index contributed by atoms with van der Waals surface area (Å²) >= 11 is 0. The van der Waals surface area contributed by atoms with E-state index in [0.717, 1.165) is 42.3 Å². The monoisotopic (exact) mass is 247 g/mol. The van der Waals surface area contributed by atoms with Crippen molar-refractivity contribution in [3.8, 4) is 0 Å². The topological polar surface area (TPSA) is 49.3 Å². The highest BCUT2D eigenvalue weighted by molar-refractivity contribution is 5.89. The van der Waals surface area contributed by atoms with Gasteiger partial charge in [0, 0.05) is 11.1 Å². The maximum absolute atomic E-state index is 14.2. The third kappa shape index (κ3) is 1.49. The summed E-state index contributed by atoms with van der Waals surface area (Å²) in [6.07, 6.45) is 3.63. The molecule has 0 radical (unpaired) electrons. The summed E-state index contributed by atoms with van der Waals surface area (Å²) in [5.74, 6) is -0.444. The number of hydrogen-bond acceptors (Lipinski definition) is 3. The number of fused-ring (bicyclic) bond motifs is 2. The van der Waals surface area contributed by atoms with E-state index in [9.17, 15) is 9.18 Å². The summed E-state index contributed by atoms with van der Waals surface area (Å²) < 4.78 is 14.2. The Bertz CT molecular complexity index is 551. The number of allylic oxidation sites excluding steroid dienone is 1. The Labute approximate surface area is 104 Å². The van der Waals surface area contributed by atoms with Gasteiger partial charge >= 0.3 is 0 Å². The van der Waals surface area contributed by atoms with Gasteiger partial charge in [0.2, 0.25) is 0 Å². The van der Waals surface area contributed by atoms with Crippen LogP contribution in [0.15, 0.2) is 17.7 Å². The zero-order valence-electron chi connectivity index (χ0n) is 9.87. The van der Waals surface area contributed by atoms with Crippen LogP contribution >= 0.6 is 0 Å². The molecule has 1 unspecified atom stereocenters. The highest BCUT2D eigenvalue weighted by atomic mass is 19.1. The number of benzene rings is 1. The van der Waals surface area contributed by atoms with E-state index in [1.807, 2.05) is 6.07 Å². The van der Waals surface area contributed by atoms with E-state index in [0.29, 0.717) is 5.69 Å². The lowest BCUT2D eigenvalue weighted by atomic mass is 9.91. The average molecular weight is 247 g/mol. The lowest BCUT2D eigenvalue weighted by Gasteiger charge is -2.27. The van der Waals surface area contributed by atoms with Gasteiger partial charge in [-0.3, -0.25) is 0 Å². The number of carbonyl (C=O) groups excluding carboxylic acids is 1. The van der Waals surface area contributed by atoms with Crippen molar-refractivity contribution >= 4 is 17.5 Å². The molecular weight excluding hydrogens is 233 g/mol. The number of rotatable bonds is 2. The van der Waals surface area contributed by atoms with E-state index in [4.69, 9.17) is 5.11 Å². The van der Waals surface area contributed by atoms with Crippen molar-refractivity contribution in [2.45, 2.75) is 31.9 Å². The van der Waals surface area contributed by atoms with Crippen molar-refractivity contribution in [3.05, 3.63) is 34.6 Å². The summed E-state index contributed by atoms with van der Waals surface area (Å²) in [5, 5.41) is 12.0. The van der Waals surface area contributed by atoms with Gasteiger partial charge in [-0.1, -0.05) is 12.1 Å². The van der Waals surface area contributed by atoms with Crippen LogP contribution in [0.3, 0.4) is 0 Å². The molecule has 4 heteroatoms. The van der Waals surface area contributed by atoms with Gasteiger partial charge in [0.25, 0.3) is 0 Å². The third-order valence-electron chi connectivity index (χ3n) is 3.79. The maximum Gasteiger partial charge on any atom is 0.152 e. The van der Waals surface area contributed by atoms with Gasteiger partial charge in [0.15, 0.2) is 5.82 Å². The summed E-state index contributed by atoms with van der Waals surface area (Å²) in [7, 11) is 0. The third-order valence-corrected chi connectivity index (χ3v) is 3.79. The number of halogens is 1. The van der Waals surface area contributed by atoms with Crippen LogP contribution in [-0.4, -0.2) is 17.4 Å². The van der Waals surface area contributed by atoms with Crippen molar-refractivity contribution < 1.29 is 14.3 Å². The van der Waals surface area contributed by atoms with E-state index in [1.54, 1.807) is 6.07 Å². The molecule has 0 spiro atoms. The Kier molecular flexibility index (Phi) is 2.67. The molecule has 3 rings (SSSR count). The van der Waals surface area contributed by atoms with E-state index in [-0.39, 0.29) is 12.2 Å². The Morgan fingerprint density at radius 1 is 1.44 bits per heavy atom. The van der Waals surface area contributed by atoms with E-state index in [1.165, 1.54) is 0 Å². The van der Waals surface area contributed by atoms with Crippen molar-refractivity contribution in [3.63, 3.8) is 0 Å². The number of hydrogen-bond donors (Lipinski definition) is 2. The molecule has 1 aromatic carbocycles. The lowest BCUT2D eigenvalue weighted by molar-refractivity contribution is -0.107. The molecule has 1 aliphatic carbocycles. The molecule has 0 fully saturated rings. The Morgan fingerprint density at radius 2 is 2.28 bits per heavy atom. The molecule has 1 aliphatic heterocycles. The minimum Gasteiger partial charge on any atom is -0.392 e. The van der Waals surface area contributed by atoms with Gasteiger partial charge < -0.3 is 15.2 Å². The molecule has 18 heavy (non-hydrogen) atoms. The van der Waals surface area contributed by atoms with Gasteiger partial charge in [-0.15, -0.1) is 0 Å². The molecule has 0 saturated carbocycles. The second kappa shape index (κ2) is 4.21. The molecule has 0 saturated heterocycles. The predicted molar refractivity (Wildman–Crippen MR) is 66.6 cm³/mol. The molecule has 0 bridgehead atoms. The summed E-state index contributed by atoms with van der Waals surface area (Å²) in [6, 6.07) is 3.03. The van der Waals surface area contributed by atoms with Gasteiger partial charge in [-0.2, -0.15) is 0 Å². The van der Waals surface area contributed by atoms with Crippen molar-refractivity contribution in [2.75, 3.05) is 5.32 Å². The first-order valence-corrected chi connectivity index (χ1v) is 6.12. The van der Waals surface area contributed by atoms with E-state index >= 15 is 0 Å². The van der Waals surface area contributed by atoms with Gasteiger partial charge in [-0.25, -0.2) is 4.39 Å². The number of carbonyl (C=O) groups is 1. The molecule has 2 N–H and O–H groups in total. The quantitative estimate of drug-likeness (QED) is 0.788. The summed E-state index contributed by atoms with van der Waals surface area (Å²) in [5.41, 5.74) is 3.65. The van der Waals surface area contributed by atoms with Crippen LogP contribution in [0.2, 0.25) is 0 Å². The SMILES string of the molecule is O=CC1Nc2c(ccc(CO)c2F)C2=C1CCC2. The van der Waals surface area contributed by atoms with Crippen LogP contribution in [0.4, 0.5) is 10.1 Å². The van der Waals surface area contributed by atoms with E-state index < -0.39 is 11.9 Å². The molecule has 1 atom stereocenters. The smallest absolute Gasteiger partial charge is 0.152 e. The fraction of sp³-hybridized carbons (Fsp3) is 0.357. The molecular formula is C14H14FNO2. The fourth-order valence-corrected chi connectivity index (χ4v) is 2.91. The zero-order valence-corrected chi connectivity index (χ0v) is 9.87. The van der Waals surface area contributed by atoms with Crippen LogP contribution in [-0.2, 0) is 11.4 Å². The van der Waals surface area contributed by atoms with Gasteiger partial charge in [-0.05, 0) is 30.4 Å². The number of aliphatic hydroxyl groups excluding tert-OH is 1. The number of aliphatic hydroxyl groups is 1. The minimum absolute atomic E-state index is 0.257. The molecule has 1 aromatic rings. The van der Waals surface area contributed by atoms with Gasteiger partial charge in [0.1, 0.15) is 12.3 Å². The second-order valence-corrected chi connectivity index (χ2v) is 4.73. The molecule has 94 valence electrons. The van der Waals surface area contributed by atoms with Gasteiger partial charge in [0.05, 0.1) is 12.3 Å². The van der Waals surface area contributed by atoms with E-state index in [2.05, 4.69) is 5.32 Å². The van der Waals surface area contributed by atoms with Crippen molar-refractivity contribution in [1.82, 2.24) is 0 Å². The zero-order chi connectivity index (χ0) is 12.7. The average Bonchev–Trinajstić information content (AvgIpc) is 2.88. The fourth-order valence-electron chi connectivity index (χ4n) is 2.91. The number of aldehydes is 1. The maximum atomic E-state index is 14.2. The normalized spacial score (nSPS) is 21.3. The summed E-state index contributed by atoms with van der Waals surface area (Å²) in [6.45, 7) is -0.335. The first-order valence-electron chi connectivity index (χ1n) is 6.12. The first-order chi connectivity index (χ1) is 8.76. The second-order valence-electron chi connectivity index (χ2n) is 4.73. The van der Waals surface area contributed by atoms with Crippen LogP contribution in [0, 0.1) is 5.82 Å². The van der Waals surface area contributed by atoms with Crippen LogP contribution in [0.5, 0.6) is 0 Å². The standard InChI is InChI=1S/C14H14FNO2/c15-13-8(6-17)4-5-11-9-2-1-3-10(9)12(7-18)16-14(11)13/h4-5,7,12,16-17H,1-3,6H2. The van der Waals surface area contributed by atoms with Crippen LogP contribution in [0.25, 0.3) is 5.57 Å². The summed E-state index contributed by atoms with van der Waals surface area (Å²) in [4.78, 5) is 11.1. The predicted octanol–water partition coefficient (Wildman–Crippen LogP) is 2.25. The van der Waals surface area contributed by atoms with Crippen molar-refractivity contribution in [1.29, 1.82) is 0 Å².